The molecular formula is C15H15N3O2. The molecule has 0 saturated heterocycles. The van der Waals surface area contributed by atoms with Gasteiger partial charge in [0, 0.05) is 25.5 Å². The Kier molecular flexibility index (Phi) is 3.10. The predicted molar refractivity (Wildman–Crippen MR) is 75.1 cm³/mol. The van der Waals surface area contributed by atoms with Crippen molar-refractivity contribution >= 4 is 5.91 Å². The van der Waals surface area contributed by atoms with Crippen LogP contribution in [0.25, 0.3) is 11.4 Å². The lowest BCUT2D eigenvalue weighted by Crippen LogP contribution is -2.38. The molecular weight excluding hydrogens is 254 g/mol. The van der Waals surface area contributed by atoms with Crippen molar-refractivity contribution in [2.24, 2.45) is 0 Å². The first-order valence-electron chi connectivity index (χ1n) is 6.58. The number of benzene rings is 1. The molecule has 2 aromatic rings. The Morgan fingerprint density at radius 3 is 2.75 bits per heavy atom. The van der Waals surface area contributed by atoms with Gasteiger partial charge in [-0.15, -0.1) is 0 Å². The predicted octanol–water partition coefficient (Wildman–Crippen LogP) is 1.34. The molecule has 0 spiro atoms. The Balaban J connectivity index is 2.03. The molecule has 1 aromatic heterocycles. The minimum absolute atomic E-state index is 0.0119. The van der Waals surface area contributed by atoms with Crippen LogP contribution in [0, 0.1) is 0 Å². The van der Waals surface area contributed by atoms with Crippen molar-refractivity contribution in [3.8, 4) is 11.4 Å². The summed E-state index contributed by atoms with van der Waals surface area (Å²) >= 11 is 0. The highest BCUT2D eigenvalue weighted by Crippen LogP contribution is 2.18. The lowest BCUT2D eigenvalue weighted by atomic mass is 10.1. The normalized spacial score (nSPS) is 13.9. The van der Waals surface area contributed by atoms with E-state index in [1.165, 1.54) is 6.92 Å². The molecule has 0 unspecified atom stereocenters. The van der Waals surface area contributed by atoms with Crippen molar-refractivity contribution in [1.29, 1.82) is 0 Å². The van der Waals surface area contributed by atoms with Gasteiger partial charge in [-0.3, -0.25) is 9.59 Å². The monoisotopic (exact) mass is 269 g/mol. The highest BCUT2D eigenvalue weighted by Gasteiger charge is 2.22. The molecule has 5 nitrogen and oxygen atoms in total. The summed E-state index contributed by atoms with van der Waals surface area (Å²) in [6, 6.07) is 9.56. The van der Waals surface area contributed by atoms with Crippen molar-refractivity contribution in [3.63, 3.8) is 0 Å². The van der Waals surface area contributed by atoms with Crippen LogP contribution < -0.4 is 5.56 Å². The fourth-order valence-corrected chi connectivity index (χ4v) is 2.43. The van der Waals surface area contributed by atoms with E-state index in [-0.39, 0.29) is 11.5 Å². The molecule has 1 aliphatic rings. The molecule has 1 aliphatic heterocycles. The Hall–Kier alpha value is -2.43. The van der Waals surface area contributed by atoms with E-state index in [0.29, 0.717) is 30.9 Å². The molecule has 1 aromatic carbocycles. The molecule has 20 heavy (non-hydrogen) atoms. The Morgan fingerprint density at radius 1 is 1.30 bits per heavy atom. The second kappa shape index (κ2) is 4.92. The minimum atomic E-state index is -0.153. The summed E-state index contributed by atoms with van der Waals surface area (Å²) in [5.41, 5.74) is 2.14. The summed E-state index contributed by atoms with van der Waals surface area (Å²) < 4.78 is 0. The van der Waals surface area contributed by atoms with Crippen LogP contribution in [-0.4, -0.2) is 27.3 Å². The number of aromatic nitrogens is 2. The zero-order valence-corrected chi connectivity index (χ0v) is 11.2. The third-order valence-corrected chi connectivity index (χ3v) is 3.56. The number of H-pyrrole nitrogens is 1. The third kappa shape index (κ3) is 2.22. The van der Waals surface area contributed by atoms with E-state index in [1.54, 1.807) is 4.90 Å². The van der Waals surface area contributed by atoms with E-state index < -0.39 is 0 Å². The van der Waals surface area contributed by atoms with E-state index >= 15 is 0 Å². The molecule has 0 aliphatic carbocycles. The Labute approximate surface area is 116 Å². The molecule has 5 heteroatoms. The molecule has 1 N–H and O–H groups in total. The van der Waals surface area contributed by atoms with Gasteiger partial charge in [-0.1, -0.05) is 30.3 Å². The molecule has 1 amide bonds. The van der Waals surface area contributed by atoms with Gasteiger partial charge < -0.3 is 9.88 Å². The van der Waals surface area contributed by atoms with Crippen LogP contribution in [0.2, 0.25) is 0 Å². The molecule has 0 bridgehead atoms. The lowest BCUT2D eigenvalue weighted by molar-refractivity contribution is -0.129. The van der Waals surface area contributed by atoms with Gasteiger partial charge in [0.2, 0.25) is 5.91 Å². The third-order valence-electron chi connectivity index (χ3n) is 3.56. The number of rotatable bonds is 1. The molecule has 0 radical (unpaired) electrons. The van der Waals surface area contributed by atoms with Crippen LogP contribution in [0.3, 0.4) is 0 Å². The maximum absolute atomic E-state index is 12.2. The smallest absolute Gasteiger partial charge is 0.256 e. The molecule has 102 valence electrons. The van der Waals surface area contributed by atoms with Crippen molar-refractivity contribution in [3.05, 3.63) is 51.9 Å². The van der Waals surface area contributed by atoms with E-state index in [0.717, 1.165) is 11.3 Å². The van der Waals surface area contributed by atoms with Crippen LogP contribution >= 0.6 is 0 Å². The Morgan fingerprint density at radius 2 is 2.05 bits per heavy atom. The zero-order valence-electron chi connectivity index (χ0n) is 11.2. The number of aromatic amines is 1. The number of nitrogens with one attached hydrogen (secondary N) is 1. The average molecular weight is 269 g/mol. The van der Waals surface area contributed by atoms with Crippen LogP contribution in [0.1, 0.15) is 18.2 Å². The zero-order chi connectivity index (χ0) is 14.1. The SMILES string of the molecule is CC(=O)N1CCc2nc(-c3ccccc3)[nH]c(=O)c2C1. The van der Waals surface area contributed by atoms with E-state index in [4.69, 9.17) is 0 Å². The summed E-state index contributed by atoms with van der Waals surface area (Å²) in [6.45, 7) is 2.49. The summed E-state index contributed by atoms with van der Waals surface area (Å²) in [5.74, 6) is 0.577. The van der Waals surface area contributed by atoms with E-state index in [1.807, 2.05) is 30.3 Å². The van der Waals surface area contributed by atoms with Crippen LogP contribution in [0.4, 0.5) is 0 Å². The van der Waals surface area contributed by atoms with Crippen LogP contribution in [0.5, 0.6) is 0 Å². The highest BCUT2D eigenvalue weighted by molar-refractivity contribution is 5.73. The first-order chi connectivity index (χ1) is 9.65. The fourth-order valence-electron chi connectivity index (χ4n) is 2.43. The van der Waals surface area contributed by atoms with Gasteiger partial charge in [-0.05, 0) is 0 Å². The number of carbonyl (C=O) groups excluding carboxylic acids is 1. The molecule has 3 rings (SSSR count). The second-order valence-electron chi connectivity index (χ2n) is 4.90. The molecule has 0 fully saturated rings. The number of amides is 1. The first kappa shape index (κ1) is 12.6. The van der Waals surface area contributed by atoms with Gasteiger partial charge >= 0.3 is 0 Å². The number of hydrogen-bond donors (Lipinski definition) is 1. The molecule has 0 atom stereocenters. The topological polar surface area (TPSA) is 66.1 Å². The summed E-state index contributed by atoms with van der Waals surface area (Å²) in [6.07, 6.45) is 0.624. The van der Waals surface area contributed by atoms with E-state index in [9.17, 15) is 9.59 Å². The highest BCUT2D eigenvalue weighted by atomic mass is 16.2. The lowest BCUT2D eigenvalue weighted by Gasteiger charge is -2.26. The number of hydrogen-bond acceptors (Lipinski definition) is 3. The maximum Gasteiger partial charge on any atom is 0.256 e. The van der Waals surface area contributed by atoms with Gasteiger partial charge in [-0.2, -0.15) is 0 Å². The molecule has 0 saturated carbocycles. The van der Waals surface area contributed by atoms with Crippen molar-refractivity contribution in [2.75, 3.05) is 6.54 Å². The van der Waals surface area contributed by atoms with Gasteiger partial charge in [0.15, 0.2) is 0 Å². The standard InChI is InChI=1S/C15H15N3O2/c1-10(19)18-8-7-13-12(9-18)15(20)17-14(16-13)11-5-3-2-4-6-11/h2-6H,7-9H2,1H3,(H,16,17,20). The number of nitrogens with zero attached hydrogens (tertiary/aromatic N) is 2. The van der Waals surface area contributed by atoms with Crippen LogP contribution in [-0.2, 0) is 17.8 Å². The summed E-state index contributed by atoms with van der Waals surface area (Å²) in [4.78, 5) is 32.6. The fraction of sp³-hybridized carbons (Fsp3) is 0.267. The van der Waals surface area contributed by atoms with Gasteiger partial charge in [0.05, 0.1) is 17.8 Å². The largest absolute Gasteiger partial charge is 0.338 e. The summed E-state index contributed by atoms with van der Waals surface area (Å²) in [7, 11) is 0. The van der Waals surface area contributed by atoms with Crippen LogP contribution in [0.15, 0.2) is 35.1 Å². The van der Waals surface area contributed by atoms with Crippen molar-refractivity contribution in [2.45, 2.75) is 19.9 Å². The molecule has 2 heterocycles. The average Bonchev–Trinajstić information content (AvgIpc) is 2.47. The van der Waals surface area contributed by atoms with Crippen molar-refractivity contribution < 1.29 is 4.79 Å². The Bertz CT molecular complexity index is 707. The quantitative estimate of drug-likeness (QED) is 0.849. The first-order valence-corrected chi connectivity index (χ1v) is 6.58. The maximum atomic E-state index is 12.2. The van der Waals surface area contributed by atoms with Gasteiger partial charge in [-0.25, -0.2) is 4.98 Å². The van der Waals surface area contributed by atoms with E-state index in [2.05, 4.69) is 9.97 Å². The van der Waals surface area contributed by atoms with Crippen molar-refractivity contribution in [1.82, 2.24) is 14.9 Å². The number of fused-ring (bicyclic) bond motifs is 1. The number of carbonyl (C=O) groups is 1. The van der Waals surface area contributed by atoms with Gasteiger partial charge in [0.25, 0.3) is 5.56 Å². The minimum Gasteiger partial charge on any atom is -0.338 e. The summed E-state index contributed by atoms with van der Waals surface area (Å²) in [5, 5.41) is 0. The van der Waals surface area contributed by atoms with Gasteiger partial charge in [0.1, 0.15) is 5.82 Å². The second-order valence-corrected chi connectivity index (χ2v) is 4.90.